The number of methoxy groups -OCH3 is 1. The third kappa shape index (κ3) is 9.50. The van der Waals surface area contributed by atoms with Gasteiger partial charge in [-0.25, -0.2) is 0 Å². The summed E-state index contributed by atoms with van der Waals surface area (Å²) in [5, 5.41) is 34.7. The van der Waals surface area contributed by atoms with Crippen LogP contribution in [0.1, 0.15) is 120 Å². The number of ketones is 1. The van der Waals surface area contributed by atoms with Gasteiger partial charge in [0.1, 0.15) is 12.2 Å². The van der Waals surface area contributed by atoms with Crippen molar-refractivity contribution in [1.82, 2.24) is 0 Å². The fourth-order valence-electron chi connectivity index (χ4n) is 8.70. The number of allylic oxidation sites excluding steroid dienone is 1. The number of esters is 4. The SMILES string of the molecule is COC(=O)C[C@H]1CC2C[C@]3(O)O[C@H](C[C@@H](O)CC(=O)OC(C)[C@H](O)C[C@@H]4CC5CC(=O)O[C@@]5(O4)C(=O)C(C)(C)/C=C/[C@@H](C1)O2)C[C@H](OC(=O)C(C)(C)C)C3(C)C. The smallest absolute Gasteiger partial charge is 0.311 e. The summed E-state index contributed by atoms with van der Waals surface area (Å²) in [7, 11) is 1.31. The summed E-state index contributed by atoms with van der Waals surface area (Å²) in [6, 6.07) is 0. The highest BCUT2D eigenvalue weighted by Crippen LogP contribution is 2.51. The molecule has 0 saturated carbocycles. The van der Waals surface area contributed by atoms with Crippen molar-refractivity contribution in [3.05, 3.63) is 12.2 Å². The van der Waals surface area contributed by atoms with E-state index < -0.39 is 119 Å². The Morgan fingerprint density at radius 3 is 2.23 bits per heavy atom. The van der Waals surface area contributed by atoms with E-state index in [0.29, 0.717) is 12.8 Å². The highest BCUT2D eigenvalue weighted by Gasteiger charge is 2.64. The Hall–Kier alpha value is -2.95. The predicted octanol–water partition coefficient (Wildman–Crippen LogP) is 3.60. The summed E-state index contributed by atoms with van der Waals surface area (Å²) < 4.78 is 41.4. The minimum absolute atomic E-state index is 0.0197. The van der Waals surface area contributed by atoms with E-state index >= 15 is 0 Å². The largest absolute Gasteiger partial charge is 0.469 e. The molecule has 12 atom stereocenters. The Bertz CT molecular complexity index is 1530. The summed E-state index contributed by atoms with van der Waals surface area (Å²) >= 11 is 0. The molecular weight excluding hydrogens is 732 g/mol. The molecule has 15 nitrogen and oxygen atoms in total. The molecule has 4 saturated heterocycles. The quantitative estimate of drug-likeness (QED) is 0.212. The van der Waals surface area contributed by atoms with Gasteiger partial charge in [-0.3, -0.25) is 24.0 Å². The van der Waals surface area contributed by atoms with Gasteiger partial charge in [-0.2, -0.15) is 0 Å². The lowest BCUT2D eigenvalue weighted by Gasteiger charge is -2.54. The van der Waals surface area contributed by atoms with E-state index in [1.807, 2.05) is 0 Å². The maximum absolute atomic E-state index is 14.4. The van der Waals surface area contributed by atoms with Crippen LogP contribution in [0.3, 0.4) is 0 Å². The van der Waals surface area contributed by atoms with Gasteiger partial charge in [0.25, 0.3) is 5.79 Å². The molecule has 0 aliphatic carbocycles. The van der Waals surface area contributed by atoms with Gasteiger partial charge in [-0.1, -0.05) is 26.0 Å². The number of hydrogen-bond donors (Lipinski definition) is 3. The second kappa shape index (κ2) is 16.4. The number of carbonyl (C=O) groups is 5. The molecule has 0 amide bonds. The van der Waals surface area contributed by atoms with Crippen LogP contribution in [0.15, 0.2) is 12.2 Å². The zero-order valence-corrected chi connectivity index (χ0v) is 34.2. The normalized spacial score (nSPS) is 41.2. The van der Waals surface area contributed by atoms with E-state index in [0.717, 1.165) is 0 Å². The van der Waals surface area contributed by atoms with Crippen LogP contribution in [0.5, 0.6) is 0 Å². The average Bonchev–Trinajstić information content (AvgIpc) is 3.56. The number of carbonyl (C=O) groups excluding carboxylic acids is 5. The Morgan fingerprint density at radius 2 is 1.57 bits per heavy atom. The number of hydrogen-bond acceptors (Lipinski definition) is 15. The first-order valence-corrected chi connectivity index (χ1v) is 19.9. The molecule has 5 heterocycles. The number of aliphatic hydroxyl groups is 3. The van der Waals surface area contributed by atoms with E-state index in [1.165, 1.54) is 14.0 Å². The van der Waals surface area contributed by atoms with E-state index in [9.17, 15) is 39.3 Å². The van der Waals surface area contributed by atoms with E-state index in [1.54, 1.807) is 60.6 Å². The molecule has 5 rings (SSSR count). The van der Waals surface area contributed by atoms with Crippen molar-refractivity contribution in [3.63, 3.8) is 0 Å². The van der Waals surface area contributed by atoms with Crippen LogP contribution < -0.4 is 0 Å². The maximum atomic E-state index is 14.4. The van der Waals surface area contributed by atoms with Gasteiger partial charge >= 0.3 is 23.9 Å². The monoisotopic (exact) mass is 794 g/mol. The zero-order valence-electron chi connectivity index (χ0n) is 34.2. The topological polar surface area (TPSA) is 211 Å². The van der Waals surface area contributed by atoms with Gasteiger partial charge in [0.05, 0.1) is 67.4 Å². The highest BCUT2D eigenvalue weighted by atomic mass is 16.7. The summed E-state index contributed by atoms with van der Waals surface area (Å²) in [5.41, 5.74) is -3.31. The number of ether oxygens (including phenoxy) is 7. The number of cyclic esters (lactones) is 1. The molecule has 15 heteroatoms. The van der Waals surface area contributed by atoms with Crippen molar-refractivity contribution in [2.75, 3.05) is 7.11 Å². The minimum Gasteiger partial charge on any atom is -0.469 e. The first kappa shape index (κ1) is 44.2. The van der Waals surface area contributed by atoms with E-state index in [-0.39, 0.29) is 50.9 Å². The molecule has 0 aromatic heterocycles. The lowest BCUT2D eigenvalue weighted by molar-refractivity contribution is -0.350. The van der Waals surface area contributed by atoms with E-state index in [2.05, 4.69) is 0 Å². The Morgan fingerprint density at radius 1 is 0.893 bits per heavy atom. The van der Waals surface area contributed by atoms with Crippen LogP contribution >= 0.6 is 0 Å². The molecule has 5 aliphatic heterocycles. The Kier molecular flexibility index (Phi) is 12.9. The molecule has 0 radical (unpaired) electrons. The van der Waals surface area contributed by atoms with Crippen LogP contribution in [-0.2, 0) is 57.1 Å². The predicted molar refractivity (Wildman–Crippen MR) is 196 cm³/mol. The van der Waals surface area contributed by atoms with Gasteiger partial charge in [0.15, 0.2) is 5.79 Å². The average molecular weight is 795 g/mol. The number of aliphatic hydroxyl groups excluding tert-OH is 2. The second-order valence-corrected chi connectivity index (χ2v) is 18.8. The van der Waals surface area contributed by atoms with Crippen LogP contribution in [0, 0.1) is 28.1 Å². The summed E-state index contributed by atoms with van der Waals surface area (Å²) in [4.78, 5) is 65.7. The third-order valence-corrected chi connectivity index (χ3v) is 12.3. The summed E-state index contributed by atoms with van der Waals surface area (Å²) in [6.45, 7) is 13.5. The Balaban J connectivity index is 1.52. The van der Waals surface area contributed by atoms with Gasteiger partial charge < -0.3 is 48.5 Å². The number of Topliss-reactive ketones (excluding diaryl/α,β-unsaturated/α-hetero) is 1. The van der Waals surface area contributed by atoms with Gasteiger partial charge in [0.2, 0.25) is 5.78 Å². The molecule has 316 valence electrons. The third-order valence-electron chi connectivity index (χ3n) is 12.3. The van der Waals surface area contributed by atoms with Crippen molar-refractivity contribution in [2.45, 2.75) is 180 Å². The van der Waals surface area contributed by atoms with Gasteiger partial charge in [-0.05, 0) is 66.7 Å². The maximum Gasteiger partial charge on any atom is 0.311 e. The van der Waals surface area contributed by atoms with E-state index in [4.69, 9.17) is 33.2 Å². The molecule has 1 spiro atoms. The van der Waals surface area contributed by atoms with Crippen LogP contribution in [-0.4, -0.2) is 112 Å². The van der Waals surface area contributed by atoms with Crippen molar-refractivity contribution in [3.8, 4) is 0 Å². The first-order chi connectivity index (χ1) is 25.9. The fraction of sp³-hybridized carbons (Fsp3) is 0.829. The Labute approximate surface area is 329 Å². The first-order valence-electron chi connectivity index (χ1n) is 19.9. The van der Waals surface area contributed by atoms with Gasteiger partial charge in [-0.15, -0.1) is 0 Å². The number of fused-ring (bicyclic) bond motifs is 5. The molecule has 5 aliphatic rings. The molecule has 3 unspecified atom stereocenters. The molecule has 56 heavy (non-hydrogen) atoms. The number of rotatable bonds is 3. The second-order valence-electron chi connectivity index (χ2n) is 18.8. The zero-order chi connectivity index (χ0) is 41.6. The lowest BCUT2D eigenvalue weighted by Crippen LogP contribution is -2.62. The van der Waals surface area contributed by atoms with Crippen molar-refractivity contribution >= 4 is 29.7 Å². The van der Waals surface area contributed by atoms with Crippen LogP contribution in [0.4, 0.5) is 0 Å². The molecule has 4 fully saturated rings. The summed E-state index contributed by atoms with van der Waals surface area (Å²) in [6.07, 6.45) is -3.43. The standard InChI is InChI=1S/C41H62O15/c1-22-30(43)19-27-15-24-16-34(46)56-41(24,55-27)35(47)38(5,6)11-10-26-12-23(14-32(44)50-9)13-29(52-26)21-40(49)39(7,8)31(53-36(48)37(2,3)4)20-28(54-40)17-25(42)18-33(45)51-22/h10-11,22-31,42-43,49H,12-21H2,1-9H3/b11-10+/t22?,23-,24?,25-,26+,27+,28-,29?,30-,31+,40+,41-/m1/s1. The summed E-state index contributed by atoms with van der Waals surface area (Å²) in [5.74, 6) is -7.48. The van der Waals surface area contributed by atoms with Crippen LogP contribution in [0.2, 0.25) is 0 Å². The minimum atomic E-state index is -1.99. The lowest BCUT2D eigenvalue weighted by atomic mass is 9.70. The van der Waals surface area contributed by atoms with Crippen molar-refractivity contribution < 1.29 is 72.5 Å². The van der Waals surface area contributed by atoms with Crippen LogP contribution in [0.25, 0.3) is 0 Å². The molecule has 0 aromatic carbocycles. The van der Waals surface area contributed by atoms with Crippen molar-refractivity contribution in [1.29, 1.82) is 0 Å². The fourth-order valence-corrected chi connectivity index (χ4v) is 8.70. The highest BCUT2D eigenvalue weighted by molar-refractivity contribution is 5.96. The molecular formula is C41H62O15. The molecule has 0 aromatic rings. The molecule has 3 N–H and O–H groups in total. The van der Waals surface area contributed by atoms with Gasteiger partial charge in [0, 0.05) is 43.4 Å². The van der Waals surface area contributed by atoms with Crippen molar-refractivity contribution in [2.24, 2.45) is 28.1 Å². The molecule has 6 bridgehead atoms.